The molecular formula is C14H12FN5. The fourth-order valence-corrected chi connectivity index (χ4v) is 1.75. The van der Waals surface area contributed by atoms with Crippen molar-refractivity contribution in [2.75, 3.05) is 5.32 Å². The van der Waals surface area contributed by atoms with Gasteiger partial charge in [-0.2, -0.15) is 5.10 Å². The Hall–Kier alpha value is -2.76. The maximum absolute atomic E-state index is 12.8. The number of nitrogens with one attached hydrogen (secondary N) is 2. The molecule has 20 heavy (non-hydrogen) atoms. The van der Waals surface area contributed by atoms with Crippen LogP contribution in [-0.2, 0) is 6.54 Å². The van der Waals surface area contributed by atoms with Crippen molar-refractivity contribution in [1.82, 2.24) is 20.2 Å². The smallest absolute Gasteiger partial charge is 0.182 e. The number of anilines is 1. The van der Waals surface area contributed by atoms with Crippen LogP contribution in [0.4, 0.5) is 10.1 Å². The lowest BCUT2D eigenvalue weighted by atomic mass is 10.3. The van der Waals surface area contributed by atoms with Crippen molar-refractivity contribution in [2.24, 2.45) is 0 Å². The Balaban J connectivity index is 1.67. The molecule has 3 aromatic rings. The van der Waals surface area contributed by atoms with Crippen LogP contribution in [0, 0.1) is 5.82 Å². The number of aromatic amines is 1. The van der Waals surface area contributed by atoms with E-state index in [9.17, 15) is 4.39 Å². The molecule has 0 bridgehead atoms. The molecule has 100 valence electrons. The van der Waals surface area contributed by atoms with Crippen LogP contribution in [0.25, 0.3) is 11.4 Å². The molecule has 1 aromatic carbocycles. The molecule has 0 saturated heterocycles. The van der Waals surface area contributed by atoms with Crippen LogP contribution in [0.2, 0.25) is 0 Å². The summed E-state index contributed by atoms with van der Waals surface area (Å²) in [5.74, 6) is 1.05. The molecular weight excluding hydrogens is 257 g/mol. The number of rotatable bonds is 4. The van der Waals surface area contributed by atoms with Gasteiger partial charge in [0.15, 0.2) is 5.82 Å². The van der Waals surface area contributed by atoms with Crippen molar-refractivity contribution in [3.05, 3.63) is 60.4 Å². The summed E-state index contributed by atoms with van der Waals surface area (Å²) in [6, 6.07) is 9.89. The van der Waals surface area contributed by atoms with E-state index in [-0.39, 0.29) is 5.82 Å². The van der Waals surface area contributed by atoms with Crippen molar-refractivity contribution in [3.63, 3.8) is 0 Å². The Kier molecular flexibility index (Phi) is 3.36. The van der Waals surface area contributed by atoms with Gasteiger partial charge < -0.3 is 5.32 Å². The van der Waals surface area contributed by atoms with E-state index in [0.717, 1.165) is 11.3 Å². The summed E-state index contributed by atoms with van der Waals surface area (Å²) in [6.45, 7) is 0.485. The molecule has 2 aromatic heterocycles. The van der Waals surface area contributed by atoms with Crippen LogP contribution in [0.15, 0.2) is 48.8 Å². The molecule has 0 aliphatic rings. The monoisotopic (exact) mass is 269 g/mol. The first-order valence-corrected chi connectivity index (χ1v) is 6.12. The van der Waals surface area contributed by atoms with Gasteiger partial charge in [0.1, 0.15) is 11.6 Å². The fraction of sp³-hybridized carbons (Fsp3) is 0.0714. The molecule has 0 saturated carbocycles. The minimum Gasteiger partial charge on any atom is -0.378 e. The lowest BCUT2D eigenvalue weighted by Gasteiger charge is -2.03. The van der Waals surface area contributed by atoms with Crippen molar-refractivity contribution >= 4 is 5.69 Å². The topological polar surface area (TPSA) is 66.5 Å². The normalized spacial score (nSPS) is 10.4. The van der Waals surface area contributed by atoms with E-state index < -0.39 is 0 Å². The van der Waals surface area contributed by atoms with Gasteiger partial charge in [0.25, 0.3) is 0 Å². The van der Waals surface area contributed by atoms with Gasteiger partial charge in [-0.05, 0) is 36.4 Å². The Bertz CT molecular complexity index is 678. The third-order valence-electron chi connectivity index (χ3n) is 2.76. The summed E-state index contributed by atoms with van der Waals surface area (Å²) in [6.07, 6.45) is 3.41. The standard InChI is InChI=1S/C14H12FN5/c15-11-3-5-12(6-4-11)17-9-13-18-14(20-19-13)10-2-1-7-16-8-10/h1-8,17H,9H2,(H,18,19,20). The second-order valence-electron chi connectivity index (χ2n) is 4.21. The average molecular weight is 269 g/mol. The van der Waals surface area contributed by atoms with Crippen molar-refractivity contribution in [1.29, 1.82) is 0 Å². The number of aromatic nitrogens is 4. The molecule has 0 aliphatic carbocycles. The summed E-state index contributed by atoms with van der Waals surface area (Å²) in [7, 11) is 0. The summed E-state index contributed by atoms with van der Waals surface area (Å²) in [5.41, 5.74) is 1.68. The maximum atomic E-state index is 12.8. The Morgan fingerprint density at radius 1 is 1.15 bits per heavy atom. The number of nitrogens with zero attached hydrogens (tertiary/aromatic N) is 3. The van der Waals surface area contributed by atoms with Crippen LogP contribution in [-0.4, -0.2) is 20.2 Å². The highest BCUT2D eigenvalue weighted by atomic mass is 19.1. The minimum atomic E-state index is -0.255. The Morgan fingerprint density at radius 3 is 2.75 bits per heavy atom. The largest absolute Gasteiger partial charge is 0.378 e. The number of benzene rings is 1. The SMILES string of the molecule is Fc1ccc(NCc2nc(-c3cccnc3)n[nH]2)cc1. The minimum absolute atomic E-state index is 0.255. The molecule has 6 heteroatoms. The highest BCUT2D eigenvalue weighted by Gasteiger charge is 2.05. The zero-order valence-corrected chi connectivity index (χ0v) is 10.5. The number of H-pyrrole nitrogens is 1. The van der Waals surface area contributed by atoms with Crippen LogP contribution >= 0.6 is 0 Å². The van der Waals surface area contributed by atoms with E-state index in [4.69, 9.17) is 0 Å². The van der Waals surface area contributed by atoms with E-state index in [1.807, 2.05) is 12.1 Å². The molecule has 3 rings (SSSR count). The predicted octanol–water partition coefficient (Wildman–Crippen LogP) is 2.62. The first-order chi connectivity index (χ1) is 9.81. The molecule has 5 nitrogen and oxygen atoms in total. The summed E-state index contributed by atoms with van der Waals surface area (Å²) in [4.78, 5) is 8.40. The van der Waals surface area contributed by atoms with E-state index in [2.05, 4.69) is 25.5 Å². The lowest BCUT2D eigenvalue weighted by molar-refractivity contribution is 0.628. The molecule has 2 heterocycles. The van der Waals surface area contributed by atoms with Crippen LogP contribution in [0.3, 0.4) is 0 Å². The van der Waals surface area contributed by atoms with Gasteiger partial charge in [0.2, 0.25) is 0 Å². The molecule has 0 fully saturated rings. The van der Waals surface area contributed by atoms with E-state index >= 15 is 0 Å². The van der Waals surface area contributed by atoms with Gasteiger partial charge in [0.05, 0.1) is 6.54 Å². The summed E-state index contributed by atoms with van der Waals surface area (Å²) in [5, 5.41) is 10.1. The first-order valence-electron chi connectivity index (χ1n) is 6.12. The van der Waals surface area contributed by atoms with Gasteiger partial charge in [-0.25, -0.2) is 9.37 Å². The molecule has 2 N–H and O–H groups in total. The summed E-state index contributed by atoms with van der Waals surface area (Å²) >= 11 is 0. The molecule has 0 aliphatic heterocycles. The van der Waals surface area contributed by atoms with Crippen LogP contribution in [0.1, 0.15) is 5.82 Å². The van der Waals surface area contributed by atoms with Gasteiger partial charge in [-0.1, -0.05) is 0 Å². The highest BCUT2D eigenvalue weighted by molar-refractivity contribution is 5.52. The second-order valence-corrected chi connectivity index (χ2v) is 4.21. The maximum Gasteiger partial charge on any atom is 0.182 e. The van der Waals surface area contributed by atoms with E-state index in [0.29, 0.717) is 18.2 Å². The third-order valence-corrected chi connectivity index (χ3v) is 2.76. The van der Waals surface area contributed by atoms with Gasteiger partial charge in [-0.3, -0.25) is 10.1 Å². The average Bonchev–Trinajstić information content (AvgIpc) is 2.97. The number of hydrogen-bond donors (Lipinski definition) is 2. The van der Waals surface area contributed by atoms with Crippen molar-refractivity contribution in [3.8, 4) is 11.4 Å². The molecule has 0 unspecified atom stereocenters. The van der Waals surface area contributed by atoms with Crippen molar-refractivity contribution in [2.45, 2.75) is 6.54 Å². The Labute approximate surface area is 114 Å². The number of hydrogen-bond acceptors (Lipinski definition) is 4. The molecule has 0 spiro atoms. The molecule has 0 atom stereocenters. The highest BCUT2D eigenvalue weighted by Crippen LogP contribution is 2.13. The molecule has 0 radical (unpaired) electrons. The first kappa shape index (κ1) is 12.3. The van der Waals surface area contributed by atoms with Gasteiger partial charge in [-0.15, -0.1) is 0 Å². The lowest BCUT2D eigenvalue weighted by Crippen LogP contribution is -2.01. The van der Waals surface area contributed by atoms with Crippen LogP contribution in [0.5, 0.6) is 0 Å². The second kappa shape index (κ2) is 5.48. The molecule has 0 amide bonds. The third kappa shape index (κ3) is 2.80. The Morgan fingerprint density at radius 2 is 2.00 bits per heavy atom. The summed E-state index contributed by atoms with van der Waals surface area (Å²) < 4.78 is 12.8. The zero-order valence-electron chi connectivity index (χ0n) is 10.5. The van der Waals surface area contributed by atoms with Crippen LogP contribution < -0.4 is 5.32 Å². The fourth-order valence-electron chi connectivity index (χ4n) is 1.75. The number of pyridine rings is 1. The van der Waals surface area contributed by atoms with E-state index in [1.165, 1.54) is 12.1 Å². The predicted molar refractivity (Wildman–Crippen MR) is 73.3 cm³/mol. The zero-order chi connectivity index (χ0) is 13.8. The van der Waals surface area contributed by atoms with Crippen molar-refractivity contribution < 1.29 is 4.39 Å². The van der Waals surface area contributed by atoms with E-state index in [1.54, 1.807) is 24.5 Å². The quantitative estimate of drug-likeness (QED) is 0.764. The number of halogens is 1. The van der Waals surface area contributed by atoms with Gasteiger partial charge >= 0.3 is 0 Å². The van der Waals surface area contributed by atoms with Gasteiger partial charge in [0, 0.05) is 23.6 Å².